The summed E-state index contributed by atoms with van der Waals surface area (Å²) in [6.07, 6.45) is 0.615. The molecule has 2 atom stereocenters. The van der Waals surface area contributed by atoms with E-state index in [-0.39, 0.29) is 22.8 Å². The van der Waals surface area contributed by atoms with Crippen molar-refractivity contribution in [2.45, 2.75) is 45.6 Å². The molecule has 1 saturated carbocycles. The third-order valence-electron chi connectivity index (χ3n) is 4.68. The van der Waals surface area contributed by atoms with Crippen molar-refractivity contribution in [3.63, 3.8) is 0 Å². The van der Waals surface area contributed by atoms with Crippen LogP contribution < -0.4 is 0 Å². The molecule has 0 aliphatic heterocycles. The molecule has 0 bridgehead atoms. The molecule has 1 N–H and O–H groups in total. The van der Waals surface area contributed by atoms with Gasteiger partial charge in [-0.25, -0.2) is 4.39 Å². The van der Waals surface area contributed by atoms with Crippen LogP contribution in [0.3, 0.4) is 0 Å². The molecule has 1 aliphatic rings. The molecule has 1 aliphatic carbocycles. The Bertz CT molecular complexity index is 405. The number of benzene rings is 1. The lowest BCUT2D eigenvalue weighted by molar-refractivity contribution is -0.125. The van der Waals surface area contributed by atoms with E-state index in [4.69, 9.17) is 0 Å². The van der Waals surface area contributed by atoms with Gasteiger partial charge in [-0.1, -0.05) is 39.8 Å². The molecule has 1 fully saturated rings. The van der Waals surface area contributed by atoms with Crippen LogP contribution in [0.15, 0.2) is 24.3 Å². The molecule has 1 nitrogen and oxygen atoms in total. The normalized spacial score (nSPS) is 27.6. The van der Waals surface area contributed by atoms with E-state index in [9.17, 15) is 9.50 Å². The molecular weight excluding hydrogens is 215 g/mol. The van der Waals surface area contributed by atoms with Gasteiger partial charge in [0.15, 0.2) is 0 Å². The lowest BCUT2D eigenvalue weighted by Gasteiger charge is -2.56. The highest BCUT2D eigenvalue weighted by Gasteiger charge is 2.53. The topological polar surface area (TPSA) is 20.2 Å². The lowest BCUT2D eigenvalue weighted by atomic mass is 9.50. The van der Waals surface area contributed by atoms with Crippen molar-refractivity contribution in [2.75, 3.05) is 0 Å². The van der Waals surface area contributed by atoms with Crippen molar-refractivity contribution in [3.8, 4) is 0 Å². The average molecular weight is 236 g/mol. The number of aliphatic hydroxyl groups is 1. The van der Waals surface area contributed by atoms with Gasteiger partial charge in [0, 0.05) is 0 Å². The van der Waals surface area contributed by atoms with Crippen molar-refractivity contribution in [1.29, 1.82) is 0 Å². The van der Waals surface area contributed by atoms with Gasteiger partial charge in [0.05, 0.1) is 6.10 Å². The Kier molecular flexibility index (Phi) is 2.81. The predicted octanol–water partition coefficient (Wildman–Crippen LogP) is 3.51. The number of rotatable bonds is 2. The predicted molar refractivity (Wildman–Crippen MR) is 67.3 cm³/mol. The maximum Gasteiger partial charge on any atom is 0.123 e. The number of aliphatic hydroxyl groups excluding tert-OH is 1. The first kappa shape index (κ1) is 12.6. The van der Waals surface area contributed by atoms with Crippen LogP contribution in [0.25, 0.3) is 0 Å². The Morgan fingerprint density at radius 2 is 1.76 bits per heavy atom. The molecule has 1 aromatic carbocycles. The summed E-state index contributed by atoms with van der Waals surface area (Å²) < 4.78 is 12.9. The SMILES string of the molecule is CC(C)(c1ccc(F)cc1)C1CC(O)C1(C)C. The largest absolute Gasteiger partial charge is 0.393 e. The van der Waals surface area contributed by atoms with E-state index >= 15 is 0 Å². The zero-order valence-electron chi connectivity index (χ0n) is 11.0. The summed E-state index contributed by atoms with van der Waals surface area (Å²) in [7, 11) is 0. The van der Waals surface area contributed by atoms with Gasteiger partial charge in [0.25, 0.3) is 0 Å². The molecular formula is C15H21FO. The van der Waals surface area contributed by atoms with E-state index in [1.807, 2.05) is 12.1 Å². The summed E-state index contributed by atoms with van der Waals surface area (Å²) in [6, 6.07) is 6.74. The van der Waals surface area contributed by atoms with Crippen LogP contribution in [0, 0.1) is 17.2 Å². The molecule has 0 aromatic heterocycles. The van der Waals surface area contributed by atoms with E-state index < -0.39 is 0 Å². The van der Waals surface area contributed by atoms with E-state index in [1.165, 1.54) is 12.1 Å². The Balaban J connectivity index is 2.28. The third kappa shape index (κ3) is 1.89. The molecule has 0 spiro atoms. The summed E-state index contributed by atoms with van der Waals surface area (Å²) >= 11 is 0. The van der Waals surface area contributed by atoms with Crippen molar-refractivity contribution in [2.24, 2.45) is 11.3 Å². The van der Waals surface area contributed by atoms with Gasteiger partial charge in [-0.05, 0) is 40.9 Å². The summed E-state index contributed by atoms with van der Waals surface area (Å²) in [5, 5.41) is 9.84. The molecule has 2 heteroatoms. The lowest BCUT2D eigenvalue weighted by Crippen LogP contribution is -2.56. The van der Waals surface area contributed by atoms with E-state index in [0.717, 1.165) is 12.0 Å². The van der Waals surface area contributed by atoms with E-state index in [1.54, 1.807) is 0 Å². The summed E-state index contributed by atoms with van der Waals surface area (Å²) in [4.78, 5) is 0. The number of halogens is 1. The summed E-state index contributed by atoms with van der Waals surface area (Å²) in [5.41, 5.74) is 1.05. The minimum atomic E-state index is -0.216. The first-order chi connectivity index (χ1) is 7.76. The van der Waals surface area contributed by atoms with Gasteiger partial charge in [0.2, 0.25) is 0 Å². The minimum Gasteiger partial charge on any atom is -0.393 e. The van der Waals surface area contributed by atoms with E-state index in [2.05, 4.69) is 27.7 Å². The molecule has 0 saturated heterocycles. The third-order valence-corrected chi connectivity index (χ3v) is 4.68. The van der Waals surface area contributed by atoms with Gasteiger partial charge < -0.3 is 5.11 Å². The van der Waals surface area contributed by atoms with Gasteiger partial charge in [0.1, 0.15) is 5.82 Å². The highest BCUT2D eigenvalue weighted by molar-refractivity contribution is 5.27. The maximum absolute atomic E-state index is 12.9. The van der Waals surface area contributed by atoms with Crippen molar-refractivity contribution in [3.05, 3.63) is 35.6 Å². The Morgan fingerprint density at radius 1 is 1.24 bits per heavy atom. The first-order valence-electron chi connectivity index (χ1n) is 6.20. The van der Waals surface area contributed by atoms with Crippen LogP contribution in [0.1, 0.15) is 39.7 Å². The molecule has 0 amide bonds. The standard InChI is InChI=1S/C15H21FO/c1-14(2,10-5-7-11(16)8-6-10)12-9-13(17)15(12,3)4/h5-8,12-13,17H,9H2,1-4H3. The van der Waals surface area contributed by atoms with Crippen molar-refractivity contribution >= 4 is 0 Å². The number of hydrogen-bond donors (Lipinski definition) is 1. The van der Waals surface area contributed by atoms with Crippen LogP contribution in [0.5, 0.6) is 0 Å². The highest BCUT2D eigenvalue weighted by atomic mass is 19.1. The zero-order chi connectivity index (χ0) is 12.8. The maximum atomic E-state index is 12.9. The second-order valence-electron chi connectivity index (χ2n) is 6.35. The van der Waals surface area contributed by atoms with Crippen LogP contribution >= 0.6 is 0 Å². The highest BCUT2D eigenvalue weighted by Crippen LogP contribution is 2.55. The fourth-order valence-electron chi connectivity index (χ4n) is 3.21. The van der Waals surface area contributed by atoms with Crippen LogP contribution in [-0.4, -0.2) is 11.2 Å². The molecule has 94 valence electrons. The average Bonchev–Trinajstić information content (AvgIpc) is 2.26. The molecule has 0 radical (unpaired) electrons. The Hall–Kier alpha value is -0.890. The monoisotopic (exact) mass is 236 g/mol. The first-order valence-corrected chi connectivity index (χ1v) is 6.20. The van der Waals surface area contributed by atoms with Gasteiger partial charge >= 0.3 is 0 Å². The minimum absolute atomic E-state index is 0.0313. The van der Waals surface area contributed by atoms with Gasteiger partial charge in [-0.2, -0.15) is 0 Å². The Morgan fingerprint density at radius 3 is 2.18 bits per heavy atom. The number of hydrogen-bond acceptors (Lipinski definition) is 1. The molecule has 17 heavy (non-hydrogen) atoms. The zero-order valence-corrected chi connectivity index (χ0v) is 11.0. The molecule has 1 aromatic rings. The smallest absolute Gasteiger partial charge is 0.123 e. The summed E-state index contributed by atoms with van der Waals surface area (Å²) in [6.45, 7) is 8.57. The van der Waals surface area contributed by atoms with Crippen LogP contribution in [-0.2, 0) is 5.41 Å². The van der Waals surface area contributed by atoms with E-state index in [0.29, 0.717) is 5.92 Å². The Labute approximate surface area is 103 Å². The molecule has 2 rings (SSSR count). The van der Waals surface area contributed by atoms with Crippen LogP contribution in [0.2, 0.25) is 0 Å². The van der Waals surface area contributed by atoms with Crippen LogP contribution in [0.4, 0.5) is 4.39 Å². The van der Waals surface area contributed by atoms with Gasteiger partial charge in [-0.3, -0.25) is 0 Å². The van der Waals surface area contributed by atoms with Gasteiger partial charge in [-0.15, -0.1) is 0 Å². The molecule has 2 unspecified atom stereocenters. The second-order valence-corrected chi connectivity index (χ2v) is 6.35. The quantitative estimate of drug-likeness (QED) is 0.833. The fourth-order valence-corrected chi connectivity index (χ4v) is 3.21. The van der Waals surface area contributed by atoms with Crippen molar-refractivity contribution in [1.82, 2.24) is 0 Å². The van der Waals surface area contributed by atoms with Crippen molar-refractivity contribution < 1.29 is 9.50 Å². The second kappa shape index (κ2) is 3.81. The fraction of sp³-hybridized carbons (Fsp3) is 0.600. The molecule has 0 heterocycles. The summed E-state index contributed by atoms with van der Waals surface area (Å²) in [5.74, 6) is 0.230.